The smallest absolute Gasteiger partial charge is 0.208 e. The number of benzene rings is 1. The summed E-state index contributed by atoms with van der Waals surface area (Å²) in [6.07, 6.45) is 4.18. The van der Waals surface area contributed by atoms with E-state index in [0.717, 1.165) is 32.4 Å². The zero-order chi connectivity index (χ0) is 13.3. The molecule has 2 N–H and O–H groups in total. The molecule has 0 saturated carbocycles. The van der Waals surface area contributed by atoms with Crippen molar-refractivity contribution in [2.45, 2.75) is 19.3 Å². The van der Waals surface area contributed by atoms with E-state index in [1.54, 1.807) is 0 Å². The molecule has 1 aromatic carbocycles. The second-order valence-corrected chi connectivity index (χ2v) is 6.19. The zero-order valence-corrected chi connectivity index (χ0v) is 11.7. The van der Waals surface area contributed by atoms with E-state index in [1.807, 2.05) is 6.07 Å². The van der Waals surface area contributed by atoms with Crippen molar-refractivity contribution in [3.8, 4) is 0 Å². The average Bonchev–Trinajstić information content (AvgIpc) is 2.32. The molecule has 0 atom stereocenters. The van der Waals surface area contributed by atoms with E-state index in [1.165, 1.54) is 11.8 Å². The molecule has 0 saturated heterocycles. The quantitative estimate of drug-likeness (QED) is 0.662. The molecule has 1 rings (SSSR count). The normalized spacial score (nSPS) is 11.6. The van der Waals surface area contributed by atoms with Crippen LogP contribution in [0.15, 0.2) is 30.3 Å². The molecule has 0 bridgehead atoms. The van der Waals surface area contributed by atoms with Gasteiger partial charge in [0.25, 0.3) is 0 Å². The lowest BCUT2D eigenvalue weighted by Crippen LogP contribution is -2.26. The summed E-state index contributed by atoms with van der Waals surface area (Å²) in [5.41, 5.74) is 1.36. The predicted octanol–water partition coefficient (Wildman–Crippen LogP) is 1.15. The third-order valence-electron chi connectivity index (χ3n) is 2.56. The molecule has 102 valence electrons. The second-order valence-electron chi connectivity index (χ2n) is 4.36. The largest absolute Gasteiger partial charge is 0.317 e. The SMILES string of the molecule is CS(=O)(=O)NCCCNCCCc1ccccc1. The summed E-state index contributed by atoms with van der Waals surface area (Å²) in [6.45, 7) is 2.32. The maximum absolute atomic E-state index is 10.8. The van der Waals surface area contributed by atoms with Crippen LogP contribution in [-0.2, 0) is 16.4 Å². The van der Waals surface area contributed by atoms with E-state index < -0.39 is 10.0 Å². The lowest BCUT2D eigenvalue weighted by molar-refractivity contribution is 0.577. The molecule has 0 unspecified atom stereocenters. The molecular formula is C13H22N2O2S. The third-order valence-corrected chi connectivity index (χ3v) is 3.28. The van der Waals surface area contributed by atoms with E-state index in [2.05, 4.69) is 34.3 Å². The molecule has 0 amide bonds. The summed E-state index contributed by atoms with van der Waals surface area (Å²) in [5, 5.41) is 3.31. The molecule has 0 radical (unpaired) electrons. The first-order chi connectivity index (χ1) is 8.58. The summed E-state index contributed by atoms with van der Waals surface area (Å²) < 4.78 is 24.1. The maximum Gasteiger partial charge on any atom is 0.208 e. The van der Waals surface area contributed by atoms with Crippen LogP contribution in [0.25, 0.3) is 0 Å². The fraction of sp³-hybridized carbons (Fsp3) is 0.538. The van der Waals surface area contributed by atoms with E-state index in [-0.39, 0.29) is 0 Å². The molecule has 5 heteroatoms. The molecular weight excluding hydrogens is 248 g/mol. The maximum atomic E-state index is 10.8. The lowest BCUT2D eigenvalue weighted by Gasteiger charge is -2.05. The van der Waals surface area contributed by atoms with E-state index in [4.69, 9.17) is 0 Å². The van der Waals surface area contributed by atoms with Gasteiger partial charge in [-0.25, -0.2) is 13.1 Å². The third kappa shape index (κ3) is 8.22. The number of sulfonamides is 1. The van der Waals surface area contributed by atoms with Crippen LogP contribution in [0.1, 0.15) is 18.4 Å². The highest BCUT2D eigenvalue weighted by atomic mass is 32.2. The van der Waals surface area contributed by atoms with Crippen molar-refractivity contribution in [3.63, 3.8) is 0 Å². The predicted molar refractivity (Wildman–Crippen MR) is 75.1 cm³/mol. The first kappa shape index (κ1) is 15.1. The molecule has 0 spiro atoms. The number of rotatable bonds is 9. The monoisotopic (exact) mass is 270 g/mol. The van der Waals surface area contributed by atoms with Crippen LogP contribution in [0.3, 0.4) is 0 Å². The van der Waals surface area contributed by atoms with Crippen molar-refractivity contribution in [3.05, 3.63) is 35.9 Å². The molecule has 0 aromatic heterocycles. The molecule has 0 heterocycles. The highest BCUT2D eigenvalue weighted by Gasteiger charge is 1.98. The van der Waals surface area contributed by atoms with Crippen molar-refractivity contribution in [2.75, 3.05) is 25.9 Å². The van der Waals surface area contributed by atoms with Crippen LogP contribution in [0.4, 0.5) is 0 Å². The van der Waals surface area contributed by atoms with Crippen molar-refractivity contribution in [1.29, 1.82) is 0 Å². The standard InChI is InChI=1S/C13H22N2O2S/c1-18(16,17)15-12-6-11-14-10-5-9-13-7-3-2-4-8-13/h2-4,7-8,14-15H,5-6,9-12H2,1H3. The first-order valence-electron chi connectivity index (χ1n) is 6.27. The van der Waals surface area contributed by atoms with Gasteiger partial charge in [0.05, 0.1) is 6.26 Å². The Hall–Kier alpha value is -0.910. The van der Waals surface area contributed by atoms with Crippen LogP contribution in [0, 0.1) is 0 Å². The van der Waals surface area contributed by atoms with E-state index >= 15 is 0 Å². The minimum absolute atomic E-state index is 0.504. The lowest BCUT2D eigenvalue weighted by atomic mass is 10.1. The molecule has 18 heavy (non-hydrogen) atoms. The Morgan fingerprint density at radius 3 is 2.33 bits per heavy atom. The van der Waals surface area contributed by atoms with Crippen LogP contribution in [-0.4, -0.2) is 34.3 Å². The Morgan fingerprint density at radius 2 is 1.67 bits per heavy atom. The highest BCUT2D eigenvalue weighted by Crippen LogP contribution is 2.01. The summed E-state index contributed by atoms with van der Waals surface area (Å²) >= 11 is 0. The van der Waals surface area contributed by atoms with Gasteiger partial charge in [-0.3, -0.25) is 0 Å². The molecule has 1 aromatic rings. The van der Waals surface area contributed by atoms with Gasteiger partial charge in [0.1, 0.15) is 0 Å². The van der Waals surface area contributed by atoms with Crippen molar-refractivity contribution in [1.82, 2.24) is 10.0 Å². The van der Waals surface area contributed by atoms with Gasteiger partial charge in [0.15, 0.2) is 0 Å². The first-order valence-corrected chi connectivity index (χ1v) is 8.16. The van der Waals surface area contributed by atoms with Crippen LogP contribution >= 0.6 is 0 Å². The summed E-state index contributed by atoms with van der Waals surface area (Å²) in [6, 6.07) is 10.4. The Morgan fingerprint density at radius 1 is 1.00 bits per heavy atom. The van der Waals surface area contributed by atoms with Crippen LogP contribution in [0.5, 0.6) is 0 Å². The number of nitrogens with one attached hydrogen (secondary N) is 2. The van der Waals surface area contributed by atoms with Crippen LogP contribution < -0.4 is 10.0 Å². The van der Waals surface area contributed by atoms with Gasteiger partial charge in [-0.05, 0) is 37.9 Å². The molecule has 0 aliphatic rings. The van der Waals surface area contributed by atoms with Gasteiger partial charge < -0.3 is 5.32 Å². The minimum atomic E-state index is -3.04. The minimum Gasteiger partial charge on any atom is -0.317 e. The second kappa shape index (κ2) is 8.24. The summed E-state index contributed by atoms with van der Waals surface area (Å²) in [4.78, 5) is 0. The summed E-state index contributed by atoms with van der Waals surface area (Å²) in [7, 11) is -3.04. The zero-order valence-electron chi connectivity index (χ0n) is 10.9. The van der Waals surface area contributed by atoms with Gasteiger partial charge in [0, 0.05) is 6.54 Å². The molecule has 0 aliphatic heterocycles. The van der Waals surface area contributed by atoms with Crippen molar-refractivity contribution in [2.24, 2.45) is 0 Å². The summed E-state index contributed by atoms with van der Waals surface area (Å²) in [5.74, 6) is 0. The Bertz CT molecular complexity index is 418. The van der Waals surface area contributed by atoms with E-state index in [0.29, 0.717) is 6.54 Å². The van der Waals surface area contributed by atoms with Gasteiger partial charge in [-0.1, -0.05) is 30.3 Å². The van der Waals surface area contributed by atoms with Crippen molar-refractivity contribution < 1.29 is 8.42 Å². The average molecular weight is 270 g/mol. The van der Waals surface area contributed by atoms with Gasteiger partial charge in [-0.15, -0.1) is 0 Å². The fourth-order valence-electron chi connectivity index (χ4n) is 1.66. The van der Waals surface area contributed by atoms with Gasteiger partial charge in [0.2, 0.25) is 10.0 Å². The molecule has 0 aliphatic carbocycles. The van der Waals surface area contributed by atoms with Crippen LogP contribution in [0.2, 0.25) is 0 Å². The van der Waals surface area contributed by atoms with E-state index in [9.17, 15) is 8.42 Å². The Labute approximate surface area is 110 Å². The molecule has 0 fully saturated rings. The molecule has 4 nitrogen and oxygen atoms in total. The number of hydrogen-bond acceptors (Lipinski definition) is 3. The Balaban J connectivity index is 1.93. The number of aryl methyl sites for hydroxylation is 1. The topological polar surface area (TPSA) is 58.2 Å². The van der Waals surface area contributed by atoms with Gasteiger partial charge >= 0.3 is 0 Å². The highest BCUT2D eigenvalue weighted by molar-refractivity contribution is 7.88. The fourth-order valence-corrected chi connectivity index (χ4v) is 2.17. The van der Waals surface area contributed by atoms with Gasteiger partial charge in [-0.2, -0.15) is 0 Å². The number of hydrogen-bond donors (Lipinski definition) is 2. The Kier molecular flexibility index (Phi) is 6.93. The van der Waals surface area contributed by atoms with Crippen molar-refractivity contribution >= 4 is 10.0 Å².